The van der Waals surface area contributed by atoms with E-state index in [2.05, 4.69) is 21.5 Å². The average Bonchev–Trinajstić information content (AvgIpc) is 2.78. The van der Waals surface area contributed by atoms with Crippen LogP contribution in [0.3, 0.4) is 0 Å². The number of hydrogen-bond acceptors (Lipinski definition) is 4. The Morgan fingerprint density at radius 3 is 2.00 bits per heavy atom. The van der Waals surface area contributed by atoms with E-state index in [1.807, 2.05) is 6.07 Å². The molecule has 0 aliphatic heterocycles. The maximum atomic E-state index is 12.3. The van der Waals surface area contributed by atoms with Crippen molar-refractivity contribution < 1.29 is 14.4 Å². The molecule has 3 aromatic rings. The third kappa shape index (κ3) is 6.36. The Labute approximate surface area is 188 Å². The van der Waals surface area contributed by atoms with E-state index in [1.165, 1.54) is 6.07 Å². The van der Waals surface area contributed by atoms with Crippen LogP contribution >= 0.6 is 23.8 Å². The monoisotopic (exact) mass is 452 g/mol. The Kier molecular flexibility index (Phi) is 7.31. The molecule has 0 unspecified atom stereocenters. The minimum absolute atomic E-state index is 0.0786. The van der Waals surface area contributed by atoms with Gasteiger partial charge >= 0.3 is 0 Å². The van der Waals surface area contributed by atoms with Crippen molar-refractivity contribution in [2.75, 3.05) is 5.32 Å². The van der Waals surface area contributed by atoms with Gasteiger partial charge in [-0.15, -0.1) is 0 Å². The van der Waals surface area contributed by atoms with Crippen LogP contribution in [0.5, 0.6) is 0 Å². The van der Waals surface area contributed by atoms with Gasteiger partial charge in [0.05, 0.1) is 0 Å². The lowest BCUT2D eigenvalue weighted by Crippen LogP contribution is -2.48. The average molecular weight is 453 g/mol. The number of benzene rings is 3. The lowest BCUT2D eigenvalue weighted by Gasteiger charge is -2.11. The van der Waals surface area contributed by atoms with Gasteiger partial charge in [0.1, 0.15) is 0 Å². The molecule has 0 aromatic heterocycles. The highest BCUT2D eigenvalue weighted by Crippen LogP contribution is 2.12. The van der Waals surface area contributed by atoms with Crippen molar-refractivity contribution in [1.82, 2.24) is 16.2 Å². The molecule has 0 atom stereocenters. The number of halogens is 1. The third-order valence-electron chi connectivity index (χ3n) is 4.04. The van der Waals surface area contributed by atoms with Crippen LogP contribution in [0.1, 0.15) is 31.1 Å². The first-order valence-electron chi connectivity index (χ1n) is 9.06. The highest BCUT2D eigenvalue weighted by atomic mass is 35.5. The van der Waals surface area contributed by atoms with E-state index in [4.69, 9.17) is 23.8 Å². The molecule has 0 radical (unpaired) electrons. The molecule has 7 nitrogen and oxygen atoms in total. The largest absolute Gasteiger partial charge is 0.322 e. The first-order chi connectivity index (χ1) is 14.9. The van der Waals surface area contributed by atoms with Gasteiger partial charge in [-0.25, -0.2) is 0 Å². The predicted octanol–water partition coefficient (Wildman–Crippen LogP) is 3.54. The fourth-order valence-electron chi connectivity index (χ4n) is 2.52. The summed E-state index contributed by atoms with van der Waals surface area (Å²) in [4.78, 5) is 36.5. The Bertz CT molecular complexity index is 1120. The SMILES string of the molecule is O=C(NNC(=S)NC(=O)c1cccc(Cl)c1)c1ccc(NC(=O)c2ccccc2)cc1. The molecule has 0 saturated carbocycles. The lowest BCUT2D eigenvalue weighted by molar-refractivity contribution is 0.0934. The van der Waals surface area contributed by atoms with Crippen LogP contribution in [0.2, 0.25) is 5.02 Å². The number of nitrogens with one attached hydrogen (secondary N) is 4. The van der Waals surface area contributed by atoms with Crippen molar-refractivity contribution in [1.29, 1.82) is 0 Å². The van der Waals surface area contributed by atoms with Crippen LogP contribution in [0.15, 0.2) is 78.9 Å². The number of rotatable bonds is 4. The summed E-state index contributed by atoms with van der Waals surface area (Å²) in [6.07, 6.45) is 0. The van der Waals surface area contributed by atoms with E-state index >= 15 is 0 Å². The highest BCUT2D eigenvalue weighted by Gasteiger charge is 2.11. The van der Waals surface area contributed by atoms with Crippen molar-refractivity contribution in [3.63, 3.8) is 0 Å². The number of anilines is 1. The Morgan fingerprint density at radius 2 is 1.32 bits per heavy atom. The minimum atomic E-state index is -0.472. The first-order valence-corrected chi connectivity index (χ1v) is 9.85. The quantitative estimate of drug-likeness (QED) is 0.358. The van der Waals surface area contributed by atoms with Crippen LogP contribution in [0.25, 0.3) is 0 Å². The standard InChI is InChI=1S/C22H17ClN4O3S/c23-17-8-4-7-16(13-17)20(29)25-22(31)27-26-21(30)15-9-11-18(12-10-15)24-19(28)14-5-2-1-3-6-14/h1-13H,(H,24,28)(H,26,30)(H2,25,27,29,31). The van der Waals surface area contributed by atoms with Gasteiger partial charge in [0.2, 0.25) is 0 Å². The summed E-state index contributed by atoms with van der Waals surface area (Å²) in [5.41, 5.74) is 6.59. The zero-order valence-corrected chi connectivity index (χ0v) is 17.6. The second-order valence-electron chi connectivity index (χ2n) is 6.27. The molecular weight excluding hydrogens is 436 g/mol. The number of hydrogen-bond donors (Lipinski definition) is 4. The molecule has 31 heavy (non-hydrogen) atoms. The van der Waals surface area contributed by atoms with E-state index < -0.39 is 11.8 Å². The van der Waals surface area contributed by atoms with Gasteiger partial charge < -0.3 is 5.32 Å². The molecule has 0 spiro atoms. The highest BCUT2D eigenvalue weighted by molar-refractivity contribution is 7.80. The maximum absolute atomic E-state index is 12.3. The minimum Gasteiger partial charge on any atom is -0.322 e. The molecule has 3 aromatic carbocycles. The molecule has 3 rings (SSSR count). The summed E-state index contributed by atoms with van der Waals surface area (Å²) in [7, 11) is 0. The van der Waals surface area contributed by atoms with Crippen molar-refractivity contribution in [3.8, 4) is 0 Å². The first kappa shape index (κ1) is 21.9. The molecule has 4 N–H and O–H groups in total. The third-order valence-corrected chi connectivity index (χ3v) is 4.48. The number of carbonyl (C=O) groups is 3. The lowest BCUT2D eigenvalue weighted by atomic mass is 10.1. The van der Waals surface area contributed by atoms with Crippen molar-refractivity contribution >= 4 is 52.3 Å². The molecule has 0 heterocycles. The Balaban J connectivity index is 1.49. The molecule has 0 fully saturated rings. The van der Waals surface area contributed by atoms with Gasteiger partial charge in [-0.1, -0.05) is 35.9 Å². The van der Waals surface area contributed by atoms with E-state index in [0.29, 0.717) is 27.4 Å². The van der Waals surface area contributed by atoms with Crippen molar-refractivity contribution in [2.24, 2.45) is 0 Å². The molecule has 0 aliphatic rings. The summed E-state index contributed by atoms with van der Waals surface area (Å²) in [5, 5.41) is 5.53. The van der Waals surface area contributed by atoms with Crippen molar-refractivity contribution in [2.45, 2.75) is 0 Å². The second kappa shape index (κ2) is 10.3. The van der Waals surface area contributed by atoms with Crippen molar-refractivity contribution in [3.05, 3.63) is 101 Å². The zero-order chi connectivity index (χ0) is 22.2. The summed E-state index contributed by atoms with van der Waals surface area (Å²) in [6, 6.07) is 21.5. The van der Waals surface area contributed by atoms with Gasteiger partial charge in [-0.3, -0.25) is 30.6 Å². The van der Waals surface area contributed by atoms with Gasteiger partial charge in [-0.05, 0) is 66.8 Å². The van der Waals surface area contributed by atoms with Crippen LogP contribution in [0.4, 0.5) is 5.69 Å². The summed E-state index contributed by atoms with van der Waals surface area (Å²) in [6.45, 7) is 0. The Morgan fingerprint density at radius 1 is 0.677 bits per heavy atom. The predicted molar refractivity (Wildman–Crippen MR) is 123 cm³/mol. The second-order valence-corrected chi connectivity index (χ2v) is 7.11. The molecular formula is C22H17ClN4O3S. The van der Waals surface area contributed by atoms with Crippen LogP contribution in [-0.2, 0) is 0 Å². The summed E-state index contributed by atoms with van der Waals surface area (Å²) >= 11 is 10.9. The summed E-state index contributed by atoms with van der Waals surface area (Å²) in [5.74, 6) is -1.19. The van der Waals surface area contributed by atoms with Gasteiger partial charge in [0.15, 0.2) is 5.11 Å². The number of thiocarbonyl (C=S) groups is 1. The molecule has 0 bridgehead atoms. The fourth-order valence-corrected chi connectivity index (χ4v) is 2.85. The van der Waals surface area contributed by atoms with Crippen LogP contribution in [0, 0.1) is 0 Å². The smallest absolute Gasteiger partial charge is 0.269 e. The Hall–Kier alpha value is -3.75. The normalized spacial score (nSPS) is 9.97. The van der Waals surface area contributed by atoms with E-state index in [9.17, 15) is 14.4 Å². The maximum Gasteiger partial charge on any atom is 0.269 e. The van der Waals surface area contributed by atoms with E-state index in [1.54, 1.807) is 66.7 Å². The molecule has 9 heteroatoms. The zero-order valence-electron chi connectivity index (χ0n) is 16.0. The molecule has 3 amide bonds. The van der Waals surface area contributed by atoms with Crippen LogP contribution < -0.4 is 21.5 Å². The molecule has 0 aliphatic carbocycles. The fraction of sp³-hybridized carbons (Fsp3) is 0. The molecule has 0 saturated heterocycles. The topological polar surface area (TPSA) is 99.3 Å². The number of carbonyl (C=O) groups excluding carboxylic acids is 3. The van der Waals surface area contributed by atoms with Gasteiger partial charge in [0, 0.05) is 27.4 Å². The molecule has 156 valence electrons. The van der Waals surface area contributed by atoms with Gasteiger partial charge in [0.25, 0.3) is 17.7 Å². The number of hydrazine groups is 1. The van der Waals surface area contributed by atoms with E-state index in [-0.39, 0.29) is 11.0 Å². The summed E-state index contributed by atoms with van der Waals surface area (Å²) < 4.78 is 0. The van der Waals surface area contributed by atoms with Gasteiger partial charge in [-0.2, -0.15) is 0 Å². The van der Waals surface area contributed by atoms with Crippen LogP contribution in [-0.4, -0.2) is 22.8 Å². The number of amides is 3. The van der Waals surface area contributed by atoms with E-state index in [0.717, 1.165) is 0 Å².